The Morgan fingerprint density at radius 2 is 0.855 bits per heavy atom. The van der Waals surface area contributed by atoms with Crippen LogP contribution < -0.4 is 13.7 Å². The van der Waals surface area contributed by atoms with Crippen LogP contribution in [0.25, 0.3) is 82.3 Å². The maximum Gasteiger partial charge on any atom is 0.428 e. The van der Waals surface area contributed by atoms with Gasteiger partial charge in [0.1, 0.15) is 4.83 Å². The van der Waals surface area contributed by atoms with Gasteiger partial charge in [0.2, 0.25) is 17.1 Å². The molecule has 0 unspecified atom stereocenters. The zero-order valence-electron chi connectivity index (χ0n) is 29.8. The van der Waals surface area contributed by atoms with Crippen molar-refractivity contribution in [1.82, 2.24) is 9.97 Å². The predicted molar refractivity (Wildman–Crippen MR) is 221 cm³/mol. The lowest BCUT2D eigenvalue weighted by Gasteiger charge is -2.09. The fourth-order valence-corrected chi connectivity index (χ4v) is 8.26. The van der Waals surface area contributed by atoms with Gasteiger partial charge in [0.05, 0.1) is 5.69 Å². The Balaban J connectivity index is 0.989. The molecule has 10 rings (SSSR count). The molecule has 3 heterocycles. The van der Waals surface area contributed by atoms with E-state index in [0.717, 1.165) is 72.2 Å². The van der Waals surface area contributed by atoms with E-state index < -0.39 is 0 Å². The summed E-state index contributed by atoms with van der Waals surface area (Å²) in [5.41, 5.74) is 10.9. The Hall–Kier alpha value is -7.15. The number of thiophene rings is 1. The second kappa shape index (κ2) is 14.0. The van der Waals surface area contributed by atoms with Gasteiger partial charge in [-0.25, -0.2) is 9.97 Å². The molecule has 0 radical (unpaired) electrons. The highest BCUT2D eigenvalue weighted by atomic mass is 32.1. The molecule has 0 amide bonds. The van der Waals surface area contributed by atoms with E-state index in [-0.39, 0.29) is 0 Å². The normalized spacial score (nSPS) is 11.3. The van der Waals surface area contributed by atoms with Gasteiger partial charge in [-0.15, -0.1) is 11.3 Å². The number of hydrogen-bond acceptors (Lipinski definition) is 3. The first-order valence-electron chi connectivity index (χ1n) is 18.3. The third-order valence-electron chi connectivity index (χ3n) is 9.96. The molecule has 0 aliphatic heterocycles. The highest BCUT2D eigenvalue weighted by Crippen LogP contribution is 2.39. The van der Waals surface area contributed by atoms with Gasteiger partial charge in [0.25, 0.3) is 0 Å². The summed E-state index contributed by atoms with van der Waals surface area (Å²) in [5, 5.41) is 2.31. The molecule has 0 aliphatic carbocycles. The van der Waals surface area contributed by atoms with E-state index in [2.05, 4.69) is 203 Å². The minimum atomic E-state index is 0.732. The molecule has 0 fully saturated rings. The molecule has 258 valence electrons. The first kappa shape index (κ1) is 32.5. The van der Waals surface area contributed by atoms with Crippen LogP contribution in [0.4, 0.5) is 0 Å². The molecule has 0 saturated carbocycles. The molecule has 10 aromatic rings. The Kier molecular flexibility index (Phi) is 8.28. The number of fused-ring (bicyclic) bond motifs is 3. The fraction of sp³-hybridized carbons (Fsp3) is 0. The number of hydrogen-bond donors (Lipinski definition) is 0. The molecule has 55 heavy (non-hydrogen) atoms. The topological polar surface area (TPSA) is 37.4 Å². The number of aromatic nitrogens is 5. The summed E-state index contributed by atoms with van der Waals surface area (Å²) in [6, 6.07) is 65.9. The van der Waals surface area contributed by atoms with E-state index in [9.17, 15) is 0 Å². The Morgan fingerprint density at radius 3 is 1.53 bits per heavy atom. The van der Waals surface area contributed by atoms with Gasteiger partial charge in [-0.1, -0.05) is 153 Å². The molecule has 6 heteroatoms. The second-order valence-corrected chi connectivity index (χ2v) is 14.5. The minimum Gasteiger partial charge on any atom is -0.227 e. The van der Waals surface area contributed by atoms with Crippen molar-refractivity contribution in [2.45, 2.75) is 0 Å². The van der Waals surface area contributed by atoms with E-state index in [1.807, 2.05) is 18.2 Å². The summed E-state index contributed by atoms with van der Waals surface area (Å²) >= 11 is 1.72. The van der Waals surface area contributed by atoms with Crippen LogP contribution in [0.1, 0.15) is 0 Å². The molecule has 5 nitrogen and oxygen atoms in total. The summed E-state index contributed by atoms with van der Waals surface area (Å²) in [7, 11) is 0. The molecule has 0 atom stereocenters. The first-order chi connectivity index (χ1) is 27.2. The average molecular weight is 725 g/mol. The third-order valence-corrected chi connectivity index (χ3v) is 11.0. The summed E-state index contributed by atoms with van der Waals surface area (Å²) < 4.78 is 7.69. The maximum absolute atomic E-state index is 5.19. The third kappa shape index (κ3) is 6.35. The smallest absolute Gasteiger partial charge is 0.227 e. The van der Waals surface area contributed by atoms with Crippen LogP contribution in [-0.4, -0.2) is 9.97 Å². The largest absolute Gasteiger partial charge is 0.428 e. The van der Waals surface area contributed by atoms with E-state index in [0.29, 0.717) is 0 Å². The Morgan fingerprint density at radius 1 is 0.364 bits per heavy atom. The van der Waals surface area contributed by atoms with Crippen molar-refractivity contribution in [3.8, 4) is 62.0 Å². The van der Waals surface area contributed by atoms with Crippen LogP contribution in [0.2, 0.25) is 0 Å². The van der Waals surface area contributed by atoms with Crippen molar-refractivity contribution in [2.75, 3.05) is 0 Å². The van der Waals surface area contributed by atoms with Gasteiger partial charge in [0.15, 0.2) is 5.82 Å². The Labute approximate surface area is 323 Å². The summed E-state index contributed by atoms with van der Waals surface area (Å²) in [4.78, 5) is 11.3. The van der Waals surface area contributed by atoms with Gasteiger partial charge in [-0.3, -0.25) is 0 Å². The fourth-order valence-electron chi connectivity index (χ4n) is 7.19. The molecular formula is C49H34N5S+3. The maximum atomic E-state index is 5.19. The van der Waals surface area contributed by atoms with Crippen molar-refractivity contribution < 1.29 is 13.7 Å². The van der Waals surface area contributed by atoms with E-state index >= 15 is 0 Å². The van der Waals surface area contributed by atoms with Crippen LogP contribution in [0.5, 0.6) is 0 Å². The highest BCUT2D eigenvalue weighted by molar-refractivity contribution is 7.25. The lowest BCUT2D eigenvalue weighted by atomic mass is 9.98. The van der Waals surface area contributed by atoms with Crippen molar-refractivity contribution in [3.63, 3.8) is 0 Å². The van der Waals surface area contributed by atoms with Gasteiger partial charge in [-0.05, 0) is 34.4 Å². The highest BCUT2D eigenvalue weighted by Gasteiger charge is 2.25. The lowest BCUT2D eigenvalue weighted by Crippen LogP contribution is -2.55. The monoisotopic (exact) mass is 724 g/mol. The molecule has 0 bridgehead atoms. The molecule has 0 saturated heterocycles. The van der Waals surface area contributed by atoms with E-state index in [1.54, 1.807) is 11.3 Å². The van der Waals surface area contributed by atoms with E-state index in [4.69, 9.17) is 9.97 Å². The van der Waals surface area contributed by atoms with Gasteiger partial charge < -0.3 is 0 Å². The predicted octanol–water partition coefficient (Wildman–Crippen LogP) is 10.3. The quantitative estimate of drug-likeness (QED) is 0.154. The Bertz CT molecular complexity index is 2900. The zero-order chi connectivity index (χ0) is 36.6. The van der Waals surface area contributed by atoms with Crippen LogP contribution in [0.15, 0.2) is 207 Å². The molecule has 0 spiro atoms. The lowest BCUT2D eigenvalue weighted by molar-refractivity contribution is -0.858. The standard InChI is InChI=1S/C49H34N5S/c1-4-14-36(15-5-1)47-46-44-24-10-11-25-45(44)55-49(46)51-48(50-47)37-28-26-35(27-29-37)38-16-12-17-39(30-38)40-18-13-23-43(31-40)54-33-52(41-19-6-2-7-20-41)32-53(34-54)42-21-8-3-9-22-42/h1-34H/q+3. The van der Waals surface area contributed by atoms with Crippen molar-refractivity contribution in [1.29, 1.82) is 0 Å². The average Bonchev–Trinajstić information content (AvgIpc) is 3.66. The van der Waals surface area contributed by atoms with Crippen LogP contribution in [0.3, 0.4) is 0 Å². The molecule has 7 aromatic carbocycles. The van der Waals surface area contributed by atoms with Gasteiger partial charge in [0, 0.05) is 63.0 Å². The van der Waals surface area contributed by atoms with Crippen LogP contribution in [-0.2, 0) is 0 Å². The number of nitrogens with zero attached hydrogens (tertiary/aromatic N) is 5. The van der Waals surface area contributed by atoms with Crippen molar-refractivity contribution in [2.24, 2.45) is 0 Å². The van der Waals surface area contributed by atoms with Gasteiger partial charge >= 0.3 is 19.0 Å². The number of benzene rings is 7. The summed E-state index contributed by atoms with van der Waals surface area (Å²) in [6.45, 7) is 0. The van der Waals surface area contributed by atoms with Crippen molar-refractivity contribution >= 4 is 31.6 Å². The first-order valence-corrected chi connectivity index (χ1v) is 19.1. The molecule has 0 aliphatic rings. The number of para-hydroxylation sites is 2. The summed E-state index contributed by atoms with van der Waals surface area (Å²) in [5.74, 6) is 0.732. The molecule has 3 aromatic heterocycles. The van der Waals surface area contributed by atoms with E-state index in [1.165, 1.54) is 10.1 Å². The van der Waals surface area contributed by atoms with Crippen molar-refractivity contribution in [3.05, 3.63) is 207 Å². The molecular weight excluding hydrogens is 691 g/mol. The molecule has 0 N–H and O–H groups in total. The minimum absolute atomic E-state index is 0.732. The SMILES string of the molecule is c1ccc(-c2nc(-c3ccc(-c4cccc(-c5cccc(-[n+]6c[n+](-c7ccccc7)c[n+](-c7ccccc7)c6)c5)c4)cc3)nc3sc4ccccc4c23)cc1. The van der Waals surface area contributed by atoms with Gasteiger partial charge in [-0.2, -0.15) is 0 Å². The van der Waals surface area contributed by atoms with Crippen LogP contribution >= 0.6 is 11.3 Å². The van der Waals surface area contributed by atoms with Crippen LogP contribution in [0, 0.1) is 0 Å². The number of rotatable bonds is 7. The zero-order valence-corrected chi connectivity index (χ0v) is 30.6. The summed E-state index contributed by atoms with van der Waals surface area (Å²) in [6.07, 6.45) is 6.35. The second-order valence-electron chi connectivity index (χ2n) is 13.5.